The minimum Gasteiger partial charge on any atom is -0.496 e. The molecule has 1 heterocycles. The predicted molar refractivity (Wildman–Crippen MR) is 153 cm³/mol. The van der Waals surface area contributed by atoms with Crippen LogP contribution in [-0.4, -0.2) is 37.4 Å². The van der Waals surface area contributed by atoms with Gasteiger partial charge >= 0.3 is 11.9 Å². The molecule has 1 N–H and O–H groups in total. The van der Waals surface area contributed by atoms with Gasteiger partial charge in [0.2, 0.25) is 0 Å². The Bertz CT molecular complexity index is 1610. The summed E-state index contributed by atoms with van der Waals surface area (Å²) in [6, 6.07) is 27.9. The number of methoxy groups -OCH3 is 1. The van der Waals surface area contributed by atoms with Crippen LogP contribution in [0.2, 0.25) is 0 Å². The van der Waals surface area contributed by atoms with Gasteiger partial charge in [-0.3, -0.25) is 9.59 Å². The molecule has 208 valence electrons. The zero-order chi connectivity index (χ0) is 28.5. The number of hydrogen-bond donors (Lipinski definition) is 1. The molecule has 4 aromatic carbocycles. The van der Waals surface area contributed by atoms with E-state index < -0.39 is 35.6 Å². The Kier molecular flexibility index (Phi) is 7.10. The molecule has 41 heavy (non-hydrogen) atoms. The number of aryl methyl sites for hydroxylation is 1. The molecule has 1 unspecified atom stereocenters. The molecule has 1 aliphatic heterocycles. The van der Waals surface area contributed by atoms with Gasteiger partial charge in [-0.2, -0.15) is 0 Å². The number of esters is 1. The Labute approximate surface area is 238 Å². The van der Waals surface area contributed by atoms with Crippen molar-refractivity contribution in [2.45, 2.75) is 18.8 Å². The minimum atomic E-state index is -0.959. The number of para-hydroxylation sites is 1. The summed E-state index contributed by atoms with van der Waals surface area (Å²) < 4.78 is 23.0. The molecular formula is C34H30O7. The third-order valence-corrected chi connectivity index (χ3v) is 8.08. The number of rotatable bonds is 7. The fourth-order valence-electron chi connectivity index (χ4n) is 6.17. The van der Waals surface area contributed by atoms with Crippen molar-refractivity contribution in [3.8, 4) is 34.1 Å². The van der Waals surface area contributed by atoms with Gasteiger partial charge in [0.05, 0.1) is 18.9 Å². The van der Waals surface area contributed by atoms with E-state index in [1.54, 1.807) is 25.3 Å². The van der Waals surface area contributed by atoms with Gasteiger partial charge in [-0.1, -0.05) is 60.7 Å². The van der Waals surface area contributed by atoms with Gasteiger partial charge in [-0.15, -0.1) is 0 Å². The number of aliphatic carboxylic acids is 1. The molecule has 0 aromatic heterocycles. The number of ether oxygens (including phenoxy) is 4. The van der Waals surface area contributed by atoms with Gasteiger partial charge in [-0.25, -0.2) is 0 Å². The topological polar surface area (TPSA) is 91.3 Å². The second-order valence-electron chi connectivity index (χ2n) is 10.3. The molecule has 0 saturated heterocycles. The quantitative estimate of drug-likeness (QED) is 0.215. The average Bonchev–Trinajstić information content (AvgIpc) is 2.97. The lowest BCUT2D eigenvalue weighted by atomic mass is 9.52. The summed E-state index contributed by atoms with van der Waals surface area (Å²) in [5.41, 5.74) is 4.19. The van der Waals surface area contributed by atoms with Gasteiger partial charge in [0.1, 0.15) is 24.7 Å². The van der Waals surface area contributed by atoms with E-state index in [1.165, 1.54) is 0 Å². The van der Waals surface area contributed by atoms with Gasteiger partial charge < -0.3 is 24.1 Å². The molecule has 4 aromatic rings. The molecule has 1 aliphatic carbocycles. The van der Waals surface area contributed by atoms with E-state index in [1.807, 2.05) is 79.7 Å². The summed E-state index contributed by atoms with van der Waals surface area (Å²) in [6.45, 7) is 2.94. The van der Waals surface area contributed by atoms with Crippen LogP contribution >= 0.6 is 0 Å². The van der Waals surface area contributed by atoms with E-state index in [0.717, 1.165) is 22.3 Å². The zero-order valence-electron chi connectivity index (χ0n) is 22.8. The van der Waals surface area contributed by atoms with Crippen LogP contribution < -0.4 is 18.9 Å². The fourth-order valence-corrected chi connectivity index (χ4v) is 6.17. The molecule has 1 saturated carbocycles. The van der Waals surface area contributed by atoms with Crippen LogP contribution in [0.25, 0.3) is 11.1 Å². The van der Waals surface area contributed by atoms with Crippen molar-refractivity contribution in [3.05, 3.63) is 108 Å². The summed E-state index contributed by atoms with van der Waals surface area (Å²) in [7, 11) is 1.54. The van der Waals surface area contributed by atoms with Crippen molar-refractivity contribution in [3.63, 3.8) is 0 Å². The van der Waals surface area contributed by atoms with Crippen LogP contribution in [0.4, 0.5) is 0 Å². The number of carboxylic acids is 1. The highest BCUT2D eigenvalue weighted by Gasteiger charge is 2.60. The summed E-state index contributed by atoms with van der Waals surface area (Å²) in [4.78, 5) is 26.7. The van der Waals surface area contributed by atoms with Crippen LogP contribution in [0.3, 0.4) is 0 Å². The summed E-state index contributed by atoms with van der Waals surface area (Å²) in [5, 5.41) is 10.4. The number of carboxylic acid groups (broad SMARTS) is 1. The Hall–Kier alpha value is -4.78. The first-order chi connectivity index (χ1) is 20.0. The average molecular weight is 551 g/mol. The Balaban J connectivity index is 1.35. The maximum atomic E-state index is 14.0. The number of benzene rings is 4. The molecule has 0 spiro atoms. The van der Waals surface area contributed by atoms with Crippen molar-refractivity contribution >= 4 is 11.9 Å². The lowest BCUT2D eigenvalue weighted by Crippen LogP contribution is -2.52. The van der Waals surface area contributed by atoms with E-state index in [4.69, 9.17) is 18.9 Å². The van der Waals surface area contributed by atoms with Crippen LogP contribution in [0.5, 0.6) is 23.0 Å². The fraction of sp³-hybridized carbons (Fsp3) is 0.235. The van der Waals surface area contributed by atoms with E-state index >= 15 is 0 Å². The van der Waals surface area contributed by atoms with E-state index in [0.29, 0.717) is 41.8 Å². The third-order valence-electron chi connectivity index (χ3n) is 8.08. The Morgan fingerprint density at radius 2 is 1.44 bits per heavy atom. The van der Waals surface area contributed by atoms with Gasteiger partial charge in [0.25, 0.3) is 0 Å². The molecule has 1 fully saturated rings. The molecule has 7 heteroatoms. The largest absolute Gasteiger partial charge is 0.496 e. The van der Waals surface area contributed by atoms with Crippen molar-refractivity contribution in [1.82, 2.24) is 0 Å². The van der Waals surface area contributed by atoms with Crippen LogP contribution in [0.15, 0.2) is 91.0 Å². The van der Waals surface area contributed by atoms with Crippen molar-refractivity contribution in [2.75, 3.05) is 20.3 Å². The minimum absolute atomic E-state index is 0.378. The normalized spacial score (nSPS) is 20.9. The van der Waals surface area contributed by atoms with E-state index in [9.17, 15) is 14.7 Å². The highest BCUT2D eigenvalue weighted by molar-refractivity contribution is 5.86. The van der Waals surface area contributed by atoms with Crippen molar-refractivity contribution in [2.24, 2.45) is 11.8 Å². The summed E-state index contributed by atoms with van der Waals surface area (Å²) >= 11 is 0. The lowest BCUT2D eigenvalue weighted by molar-refractivity contribution is -0.158. The second kappa shape index (κ2) is 11.0. The SMILES string of the molecule is COc1ccccc1C1[C@@H](C(=O)O)[C@@H](c2ccccc2C)[C@H]1C(=O)Oc1cccc(-c2ccc3c(c2)OCCO3)c1. The summed E-state index contributed by atoms with van der Waals surface area (Å²) in [6.07, 6.45) is 0. The number of hydrogen-bond acceptors (Lipinski definition) is 6. The predicted octanol–water partition coefficient (Wildman–Crippen LogP) is 6.25. The van der Waals surface area contributed by atoms with Gasteiger partial charge in [-0.05, 0) is 65.1 Å². The first kappa shape index (κ1) is 26.4. The van der Waals surface area contributed by atoms with Crippen LogP contribution in [0.1, 0.15) is 28.5 Å². The zero-order valence-corrected chi connectivity index (χ0v) is 22.8. The number of carbonyl (C=O) groups is 2. The summed E-state index contributed by atoms with van der Waals surface area (Å²) in [5.74, 6) is -1.88. The maximum Gasteiger partial charge on any atom is 0.315 e. The molecule has 6 rings (SSSR count). The smallest absolute Gasteiger partial charge is 0.315 e. The maximum absolute atomic E-state index is 14.0. The molecule has 0 radical (unpaired) electrons. The van der Waals surface area contributed by atoms with E-state index in [-0.39, 0.29) is 0 Å². The molecule has 4 atom stereocenters. The molecule has 0 amide bonds. The highest BCUT2D eigenvalue weighted by atomic mass is 16.6. The number of fused-ring (bicyclic) bond motifs is 1. The molecule has 2 aliphatic rings. The first-order valence-corrected chi connectivity index (χ1v) is 13.6. The van der Waals surface area contributed by atoms with Crippen LogP contribution in [-0.2, 0) is 9.59 Å². The van der Waals surface area contributed by atoms with Crippen molar-refractivity contribution < 1.29 is 33.6 Å². The second-order valence-corrected chi connectivity index (χ2v) is 10.3. The van der Waals surface area contributed by atoms with Gasteiger partial charge in [0, 0.05) is 11.8 Å². The molecule has 7 nitrogen and oxygen atoms in total. The Morgan fingerprint density at radius 1 is 0.756 bits per heavy atom. The molecule has 0 bridgehead atoms. The Morgan fingerprint density at radius 3 is 2.20 bits per heavy atom. The highest BCUT2D eigenvalue weighted by Crippen LogP contribution is 2.60. The third kappa shape index (κ3) is 4.88. The first-order valence-electron chi connectivity index (χ1n) is 13.6. The van der Waals surface area contributed by atoms with Crippen LogP contribution in [0, 0.1) is 18.8 Å². The number of carbonyl (C=O) groups excluding carboxylic acids is 1. The monoisotopic (exact) mass is 550 g/mol. The molecular weight excluding hydrogens is 520 g/mol. The van der Waals surface area contributed by atoms with E-state index in [2.05, 4.69) is 0 Å². The van der Waals surface area contributed by atoms with Gasteiger partial charge in [0.15, 0.2) is 11.5 Å². The van der Waals surface area contributed by atoms with Crippen molar-refractivity contribution in [1.29, 1.82) is 0 Å². The standard InChI is InChI=1S/C34H30O7/c1-20-8-3-4-11-24(20)29-31(33(35)36)30(25-12-5-6-13-26(25)38-2)32(29)34(37)41-23-10-7-9-21(18-23)22-14-15-27-28(19-22)40-17-16-39-27/h3-15,18-19,29-32H,16-17H2,1-2H3,(H,35,36)/t29-,30?,31+,32-/m1/s1. The lowest BCUT2D eigenvalue weighted by Gasteiger charge is -2.49.